The van der Waals surface area contributed by atoms with Gasteiger partial charge in [-0.05, 0) is 19.8 Å². The smallest absolute Gasteiger partial charge is 0.159 e. The van der Waals surface area contributed by atoms with E-state index in [4.69, 9.17) is 15.7 Å². The minimum absolute atomic E-state index is 0.0567. The van der Waals surface area contributed by atoms with E-state index >= 15 is 0 Å². The maximum atomic E-state index is 8.81. The molecule has 0 saturated carbocycles. The minimum Gasteiger partial charge on any atom is -0.382 e. The van der Waals surface area contributed by atoms with Crippen LogP contribution in [0.5, 0.6) is 0 Å². The summed E-state index contributed by atoms with van der Waals surface area (Å²) in [5, 5.41) is 8.81. The van der Waals surface area contributed by atoms with Crippen LogP contribution in [0, 0.1) is 18.3 Å². The van der Waals surface area contributed by atoms with Gasteiger partial charge in [-0.15, -0.1) is 0 Å². The predicted octanol–water partition coefficient (Wildman–Crippen LogP) is 1.09. The molecule has 1 aromatic rings. The molecule has 0 bridgehead atoms. The van der Waals surface area contributed by atoms with Gasteiger partial charge in [0, 0.05) is 6.61 Å². The quantitative estimate of drug-likeness (QED) is 0.740. The van der Waals surface area contributed by atoms with Gasteiger partial charge in [0.2, 0.25) is 0 Å². The van der Waals surface area contributed by atoms with E-state index < -0.39 is 0 Å². The Balaban J connectivity index is 2.39. The van der Waals surface area contributed by atoms with Crippen molar-refractivity contribution < 1.29 is 4.74 Å². The average Bonchev–Trinajstić information content (AvgIpc) is 2.69. The fourth-order valence-corrected chi connectivity index (χ4v) is 1.68. The van der Waals surface area contributed by atoms with Gasteiger partial charge >= 0.3 is 0 Å². The van der Waals surface area contributed by atoms with Crippen molar-refractivity contribution >= 4 is 5.82 Å². The van der Waals surface area contributed by atoms with Crippen LogP contribution in [0.2, 0.25) is 0 Å². The highest BCUT2D eigenvalue weighted by atomic mass is 16.5. The lowest BCUT2D eigenvalue weighted by Gasteiger charge is -2.10. The van der Waals surface area contributed by atoms with Crippen LogP contribution in [-0.4, -0.2) is 16.6 Å². The molecule has 0 radical (unpaired) electrons. The lowest BCUT2D eigenvalue weighted by Crippen LogP contribution is -2.09. The van der Waals surface area contributed by atoms with Crippen LogP contribution in [0.1, 0.15) is 36.0 Å². The summed E-state index contributed by atoms with van der Waals surface area (Å²) in [5.41, 5.74) is 6.65. The highest BCUT2D eigenvalue weighted by Crippen LogP contribution is 2.27. The summed E-state index contributed by atoms with van der Waals surface area (Å²) in [7, 11) is 0. The Bertz CT molecular complexity index is 395. The molecule has 0 aromatic carbocycles. The van der Waals surface area contributed by atoms with Crippen molar-refractivity contribution in [2.24, 2.45) is 0 Å². The van der Waals surface area contributed by atoms with E-state index in [-0.39, 0.29) is 11.9 Å². The van der Waals surface area contributed by atoms with Crippen LogP contribution in [0.15, 0.2) is 0 Å². The number of anilines is 1. The summed E-state index contributed by atoms with van der Waals surface area (Å²) in [6.45, 7) is 2.50. The number of aromatic nitrogens is 2. The second-order valence-corrected chi connectivity index (χ2v) is 3.54. The first-order valence-corrected chi connectivity index (χ1v) is 4.88. The third kappa shape index (κ3) is 1.76. The molecule has 1 unspecified atom stereocenters. The molecule has 1 aliphatic rings. The molecule has 78 valence electrons. The summed E-state index contributed by atoms with van der Waals surface area (Å²) < 4.78 is 5.46. The van der Waals surface area contributed by atoms with Crippen LogP contribution in [0.25, 0.3) is 0 Å². The molecule has 2 heterocycles. The van der Waals surface area contributed by atoms with E-state index in [0.717, 1.165) is 19.4 Å². The van der Waals surface area contributed by atoms with Crippen LogP contribution < -0.4 is 5.73 Å². The molecule has 15 heavy (non-hydrogen) atoms. The van der Waals surface area contributed by atoms with Crippen LogP contribution in [0.4, 0.5) is 5.82 Å². The number of hydrogen-bond donors (Lipinski definition) is 1. The second-order valence-electron chi connectivity index (χ2n) is 3.54. The topological polar surface area (TPSA) is 84.8 Å². The number of nitrogen functional groups attached to an aromatic ring is 1. The monoisotopic (exact) mass is 204 g/mol. The van der Waals surface area contributed by atoms with Crippen LogP contribution in [0.3, 0.4) is 0 Å². The first-order valence-electron chi connectivity index (χ1n) is 4.88. The summed E-state index contributed by atoms with van der Waals surface area (Å²) >= 11 is 0. The average molecular weight is 204 g/mol. The molecule has 1 aromatic heterocycles. The Morgan fingerprint density at radius 3 is 2.87 bits per heavy atom. The molecule has 0 aliphatic carbocycles. The van der Waals surface area contributed by atoms with Gasteiger partial charge in [0.15, 0.2) is 5.82 Å². The summed E-state index contributed by atoms with van der Waals surface area (Å²) in [5.74, 6) is 0.844. The lowest BCUT2D eigenvalue weighted by atomic mass is 10.2. The molecular formula is C10H12N4O. The van der Waals surface area contributed by atoms with E-state index in [1.165, 1.54) is 0 Å². The maximum absolute atomic E-state index is 8.81. The van der Waals surface area contributed by atoms with Crippen molar-refractivity contribution in [1.29, 1.82) is 5.26 Å². The van der Waals surface area contributed by atoms with Crippen molar-refractivity contribution in [3.63, 3.8) is 0 Å². The summed E-state index contributed by atoms with van der Waals surface area (Å²) in [4.78, 5) is 8.35. The third-order valence-electron chi connectivity index (χ3n) is 2.46. The Labute approximate surface area is 87.9 Å². The first-order chi connectivity index (χ1) is 7.22. The first kappa shape index (κ1) is 9.87. The van der Waals surface area contributed by atoms with Crippen molar-refractivity contribution in [2.75, 3.05) is 12.3 Å². The summed E-state index contributed by atoms with van der Waals surface area (Å²) in [6, 6.07) is 1.99. The predicted molar refractivity (Wildman–Crippen MR) is 53.8 cm³/mol. The fraction of sp³-hybridized carbons (Fsp3) is 0.500. The molecule has 2 rings (SSSR count). The highest BCUT2D eigenvalue weighted by Gasteiger charge is 2.22. The van der Waals surface area contributed by atoms with Gasteiger partial charge in [0.05, 0.1) is 5.69 Å². The van der Waals surface area contributed by atoms with Crippen molar-refractivity contribution in [1.82, 2.24) is 9.97 Å². The van der Waals surface area contributed by atoms with E-state index in [1.54, 1.807) is 6.92 Å². The Morgan fingerprint density at radius 1 is 1.53 bits per heavy atom. The Hall–Kier alpha value is -1.67. The normalized spacial score (nSPS) is 20.1. The number of rotatable bonds is 1. The lowest BCUT2D eigenvalue weighted by molar-refractivity contribution is 0.105. The van der Waals surface area contributed by atoms with Crippen molar-refractivity contribution in [2.45, 2.75) is 25.9 Å². The highest BCUT2D eigenvalue weighted by molar-refractivity contribution is 5.50. The Kier molecular flexibility index (Phi) is 2.52. The van der Waals surface area contributed by atoms with Crippen LogP contribution in [-0.2, 0) is 4.74 Å². The molecule has 1 aliphatic heterocycles. The third-order valence-corrected chi connectivity index (χ3v) is 2.46. The van der Waals surface area contributed by atoms with E-state index in [0.29, 0.717) is 17.1 Å². The van der Waals surface area contributed by atoms with E-state index in [9.17, 15) is 0 Å². The van der Waals surface area contributed by atoms with Crippen LogP contribution >= 0.6 is 0 Å². The maximum Gasteiger partial charge on any atom is 0.159 e. The van der Waals surface area contributed by atoms with Gasteiger partial charge in [-0.3, -0.25) is 0 Å². The standard InChI is InChI=1S/C10H12N4O/c1-6-7(5-11)9(12)14-10(13-6)8-3-2-4-15-8/h8H,2-4H2,1H3,(H2,12,13,14). The zero-order valence-electron chi connectivity index (χ0n) is 8.53. The van der Waals surface area contributed by atoms with Gasteiger partial charge < -0.3 is 10.5 Å². The SMILES string of the molecule is Cc1nc(C2CCCO2)nc(N)c1C#N. The van der Waals surface area contributed by atoms with E-state index in [2.05, 4.69) is 9.97 Å². The van der Waals surface area contributed by atoms with E-state index in [1.807, 2.05) is 6.07 Å². The molecule has 1 fully saturated rings. The number of hydrogen-bond acceptors (Lipinski definition) is 5. The molecule has 1 saturated heterocycles. The van der Waals surface area contributed by atoms with Gasteiger partial charge in [-0.2, -0.15) is 5.26 Å². The van der Waals surface area contributed by atoms with Gasteiger partial charge in [0.1, 0.15) is 23.6 Å². The molecule has 5 nitrogen and oxygen atoms in total. The van der Waals surface area contributed by atoms with Gasteiger partial charge in [0.25, 0.3) is 0 Å². The molecular weight excluding hydrogens is 192 g/mol. The number of ether oxygens (including phenoxy) is 1. The largest absolute Gasteiger partial charge is 0.382 e. The van der Waals surface area contributed by atoms with Gasteiger partial charge in [-0.1, -0.05) is 0 Å². The molecule has 2 N–H and O–H groups in total. The minimum atomic E-state index is -0.0567. The van der Waals surface area contributed by atoms with Crippen molar-refractivity contribution in [3.8, 4) is 6.07 Å². The molecule has 1 atom stereocenters. The number of nitrogens with zero attached hydrogens (tertiary/aromatic N) is 3. The number of aryl methyl sites for hydroxylation is 1. The molecule has 0 amide bonds. The van der Waals surface area contributed by atoms with Crippen molar-refractivity contribution in [3.05, 3.63) is 17.1 Å². The fourth-order valence-electron chi connectivity index (χ4n) is 1.68. The Morgan fingerprint density at radius 2 is 2.33 bits per heavy atom. The zero-order chi connectivity index (χ0) is 10.8. The molecule has 0 spiro atoms. The van der Waals surface area contributed by atoms with Gasteiger partial charge in [-0.25, -0.2) is 9.97 Å². The summed E-state index contributed by atoms with van der Waals surface area (Å²) in [6.07, 6.45) is 1.89. The number of nitriles is 1. The number of nitrogens with two attached hydrogens (primary N) is 1. The zero-order valence-corrected chi connectivity index (χ0v) is 8.53. The second kappa shape index (κ2) is 3.83. The molecule has 5 heteroatoms.